The van der Waals surface area contributed by atoms with E-state index in [-0.39, 0.29) is 5.63 Å². The van der Waals surface area contributed by atoms with E-state index in [1.165, 1.54) is 0 Å². The molecule has 1 aromatic heterocycles. The average molecular weight is 286 g/mol. The van der Waals surface area contributed by atoms with Gasteiger partial charge in [-0.1, -0.05) is 54.1 Å². The minimum atomic E-state index is -0.282. The number of rotatable bonds is 1. The molecule has 0 aliphatic heterocycles. The quantitative estimate of drug-likeness (QED) is 0.499. The van der Waals surface area contributed by atoms with Gasteiger partial charge in [0.2, 0.25) is 0 Å². The van der Waals surface area contributed by atoms with Crippen molar-refractivity contribution >= 4 is 10.8 Å². The second-order valence-electron chi connectivity index (χ2n) is 5.52. The summed E-state index contributed by atoms with van der Waals surface area (Å²) in [6.45, 7) is 2.02. The van der Waals surface area contributed by atoms with Crippen LogP contribution in [0.3, 0.4) is 0 Å². The minimum Gasteiger partial charge on any atom is -0.422 e. The van der Waals surface area contributed by atoms with Crippen LogP contribution < -0.4 is 5.63 Å². The summed E-state index contributed by atoms with van der Waals surface area (Å²) in [6.07, 6.45) is 0. The molecule has 4 rings (SSSR count). The van der Waals surface area contributed by atoms with Crippen LogP contribution in [0, 0.1) is 6.92 Å². The molecule has 106 valence electrons. The maximum Gasteiger partial charge on any atom is 0.344 e. The highest BCUT2D eigenvalue weighted by atomic mass is 16.4. The molecule has 2 heteroatoms. The van der Waals surface area contributed by atoms with Crippen molar-refractivity contribution in [1.29, 1.82) is 0 Å². The molecule has 0 bridgehead atoms. The summed E-state index contributed by atoms with van der Waals surface area (Å²) in [6, 6.07) is 21.8. The molecule has 0 saturated heterocycles. The van der Waals surface area contributed by atoms with Crippen molar-refractivity contribution in [1.82, 2.24) is 0 Å². The van der Waals surface area contributed by atoms with Crippen LogP contribution in [0.25, 0.3) is 33.2 Å². The molecular formula is C20H14O2. The zero-order valence-electron chi connectivity index (χ0n) is 12.2. The van der Waals surface area contributed by atoms with Crippen LogP contribution in [0.4, 0.5) is 0 Å². The Balaban J connectivity index is 2.04. The van der Waals surface area contributed by atoms with Gasteiger partial charge in [-0.2, -0.15) is 0 Å². The summed E-state index contributed by atoms with van der Waals surface area (Å²) in [5.41, 5.74) is 3.77. The lowest BCUT2D eigenvalue weighted by Crippen LogP contribution is -1.99. The predicted molar refractivity (Wildman–Crippen MR) is 89.3 cm³/mol. The number of fused-ring (bicyclic) bond motifs is 3. The van der Waals surface area contributed by atoms with Gasteiger partial charge in [-0.25, -0.2) is 4.79 Å². The number of benzene rings is 1. The standard InChI is InChI=1S/C20H14O2/c1-13-6-5-8-15(10-13)18-12-16-11-14-7-3-2-4-9-17(14)19(16)20(21)22-18/h2-12H,1H3. The third-order valence-electron chi connectivity index (χ3n) is 3.94. The van der Waals surface area contributed by atoms with Crippen LogP contribution in [0.5, 0.6) is 0 Å². The second kappa shape index (κ2) is 4.85. The van der Waals surface area contributed by atoms with Crippen molar-refractivity contribution < 1.29 is 4.42 Å². The normalized spacial score (nSPS) is 11.1. The van der Waals surface area contributed by atoms with Gasteiger partial charge in [0.15, 0.2) is 0 Å². The molecule has 0 fully saturated rings. The summed E-state index contributed by atoms with van der Waals surface area (Å²) in [5.74, 6) is 0.612. The lowest BCUT2D eigenvalue weighted by molar-refractivity contribution is 0.535. The molecule has 22 heavy (non-hydrogen) atoms. The molecule has 2 aliphatic rings. The monoisotopic (exact) mass is 286 g/mol. The van der Waals surface area contributed by atoms with Crippen molar-refractivity contribution in [3.05, 3.63) is 82.7 Å². The van der Waals surface area contributed by atoms with E-state index in [4.69, 9.17) is 4.42 Å². The molecule has 2 nitrogen and oxygen atoms in total. The highest BCUT2D eigenvalue weighted by Crippen LogP contribution is 2.33. The fraction of sp³-hybridized carbons (Fsp3) is 0.0500. The number of hydrogen-bond acceptors (Lipinski definition) is 2. The van der Waals surface area contributed by atoms with E-state index in [0.29, 0.717) is 11.1 Å². The third-order valence-corrected chi connectivity index (χ3v) is 3.94. The van der Waals surface area contributed by atoms with E-state index in [0.717, 1.165) is 27.6 Å². The van der Waals surface area contributed by atoms with Crippen LogP contribution in [-0.4, -0.2) is 0 Å². The van der Waals surface area contributed by atoms with Crippen molar-refractivity contribution in [2.24, 2.45) is 0 Å². The van der Waals surface area contributed by atoms with Gasteiger partial charge in [-0.3, -0.25) is 0 Å². The smallest absolute Gasteiger partial charge is 0.344 e. The zero-order valence-corrected chi connectivity index (χ0v) is 12.2. The molecule has 0 spiro atoms. The molecule has 0 amide bonds. The third kappa shape index (κ3) is 2.01. The molecule has 2 aromatic rings. The van der Waals surface area contributed by atoms with Crippen molar-refractivity contribution in [3.8, 4) is 22.5 Å². The maximum atomic E-state index is 12.5. The van der Waals surface area contributed by atoms with E-state index in [1.807, 2.05) is 73.7 Å². The summed E-state index contributed by atoms with van der Waals surface area (Å²) in [4.78, 5) is 12.5. The summed E-state index contributed by atoms with van der Waals surface area (Å²) < 4.78 is 5.57. The fourth-order valence-electron chi connectivity index (χ4n) is 2.91. The van der Waals surface area contributed by atoms with Crippen molar-refractivity contribution in [2.75, 3.05) is 0 Å². The van der Waals surface area contributed by atoms with E-state index in [2.05, 4.69) is 0 Å². The molecule has 0 N–H and O–H groups in total. The van der Waals surface area contributed by atoms with Gasteiger partial charge in [0, 0.05) is 5.56 Å². The van der Waals surface area contributed by atoms with Gasteiger partial charge in [0.05, 0.1) is 5.39 Å². The van der Waals surface area contributed by atoms with Crippen LogP contribution in [-0.2, 0) is 0 Å². The summed E-state index contributed by atoms with van der Waals surface area (Å²) in [7, 11) is 0. The van der Waals surface area contributed by atoms with E-state index < -0.39 is 0 Å². The lowest BCUT2D eigenvalue weighted by Gasteiger charge is -2.02. The largest absolute Gasteiger partial charge is 0.422 e. The predicted octanol–water partition coefficient (Wildman–Crippen LogP) is 4.87. The van der Waals surface area contributed by atoms with E-state index >= 15 is 0 Å². The van der Waals surface area contributed by atoms with Gasteiger partial charge >= 0.3 is 5.63 Å². The van der Waals surface area contributed by atoms with Gasteiger partial charge in [0.1, 0.15) is 5.76 Å². The lowest BCUT2D eigenvalue weighted by atomic mass is 10.1. The Bertz CT molecular complexity index is 1010. The van der Waals surface area contributed by atoms with Gasteiger partial charge in [-0.05, 0) is 41.6 Å². The Labute approximate surface area is 128 Å². The fourth-order valence-corrected chi connectivity index (χ4v) is 2.91. The Morgan fingerprint density at radius 3 is 2.50 bits per heavy atom. The highest BCUT2D eigenvalue weighted by molar-refractivity contribution is 6.02. The van der Waals surface area contributed by atoms with Gasteiger partial charge in [0.25, 0.3) is 0 Å². The first-order valence-electron chi connectivity index (χ1n) is 7.25. The van der Waals surface area contributed by atoms with Crippen LogP contribution in [0.15, 0.2) is 75.9 Å². The van der Waals surface area contributed by atoms with Gasteiger partial charge < -0.3 is 4.42 Å². The summed E-state index contributed by atoms with van der Waals surface area (Å²) in [5, 5.41) is 1.58. The molecule has 1 aromatic carbocycles. The molecule has 2 aliphatic carbocycles. The van der Waals surface area contributed by atoms with Crippen LogP contribution in [0.1, 0.15) is 5.56 Å². The maximum absolute atomic E-state index is 12.5. The van der Waals surface area contributed by atoms with Gasteiger partial charge in [-0.15, -0.1) is 0 Å². The average Bonchev–Trinajstić information content (AvgIpc) is 2.70. The molecule has 1 heterocycles. The first-order valence-corrected chi connectivity index (χ1v) is 7.25. The second-order valence-corrected chi connectivity index (χ2v) is 5.52. The van der Waals surface area contributed by atoms with E-state index in [9.17, 15) is 4.79 Å². The Hall–Kier alpha value is -2.87. The van der Waals surface area contributed by atoms with E-state index in [1.54, 1.807) is 0 Å². The number of aryl methyl sites for hydroxylation is 1. The topological polar surface area (TPSA) is 30.2 Å². The Kier molecular flexibility index (Phi) is 2.83. The zero-order chi connectivity index (χ0) is 15.1. The van der Waals surface area contributed by atoms with Crippen molar-refractivity contribution in [3.63, 3.8) is 0 Å². The molecular weight excluding hydrogens is 272 g/mol. The first-order chi connectivity index (χ1) is 10.7. The summed E-state index contributed by atoms with van der Waals surface area (Å²) >= 11 is 0. The SMILES string of the molecule is Cc1cccc(-c2cc3cc4cccccc-4c3c(=O)o2)c1. The molecule has 0 saturated carbocycles. The molecule has 0 unspecified atom stereocenters. The van der Waals surface area contributed by atoms with Crippen LogP contribution >= 0.6 is 0 Å². The first kappa shape index (κ1) is 12.8. The Morgan fingerprint density at radius 1 is 0.818 bits per heavy atom. The van der Waals surface area contributed by atoms with Crippen molar-refractivity contribution in [2.45, 2.75) is 6.92 Å². The molecule has 0 radical (unpaired) electrons. The van der Waals surface area contributed by atoms with Crippen LogP contribution in [0.2, 0.25) is 0 Å². The Morgan fingerprint density at radius 2 is 1.64 bits per heavy atom. The number of hydrogen-bond donors (Lipinski definition) is 0. The highest BCUT2D eigenvalue weighted by Gasteiger charge is 2.14. The minimum absolute atomic E-state index is 0.282. The molecule has 0 atom stereocenters.